The maximum Gasteiger partial charge on any atom is 0.0991 e. The average molecular weight is 211 g/mol. The second kappa shape index (κ2) is 3.82. The van der Waals surface area contributed by atoms with Crippen LogP contribution in [0.5, 0.6) is 0 Å². The summed E-state index contributed by atoms with van der Waals surface area (Å²) < 4.78 is 1.86. The minimum absolute atomic E-state index is 0.681. The summed E-state index contributed by atoms with van der Waals surface area (Å²) in [5.74, 6) is 0. The summed E-state index contributed by atoms with van der Waals surface area (Å²) in [4.78, 5) is 0. The molecular formula is C13H13N3. The lowest BCUT2D eigenvalue weighted by Crippen LogP contribution is -1.92. The van der Waals surface area contributed by atoms with Crippen LogP contribution < -0.4 is 0 Å². The zero-order chi connectivity index (χ0) is 11.7. The van der Waals surface area contributed by atoms with Crippen LogP contribution in [0.3, 0.4) is 0 Å². The van der Waals surface area contributed by atoms with E-state index >= 15 is 0 Å². The van der Waals surface area contributed by atoms with Gasteiger partial charge in [0.25, 0.3) is 0 Å². The van der Waals surface area contributed by atoms with Crippen LogP contribution in [-0.4, -0.2) is 9.78 Å². The topological polar surface area (TPSA) is 41.6 Å². The predicted molar refractivity (Wildman–Crippen MR) is 62.8 cm³/mol. The van der Waals surface area contributed by atoms with Crippen LogP contribution in [0.1, 0.15) is 17.0 Å². The lowest BCUT2D eigenvalue weighted by molar-refractivity contribution is 0.731. The van der Waals surface area contributed by atoms with Gasteiger partial charge in [0, 0.05) is 18.3 Å². The highest BCUT2D eigenvalue weighted by atomic mass is 15.3. The minimum Gasteiger partial charge on any atom is -0.272 e. The van der Waals surface area contributed by atoms with E-state index in [1.165, 1.54) is 0 Å². The van der Waals surface area contributed by atoms with Crippen molar-refractivity contribution in [2.24, 2.45) is 7.05 Å². The van der Waals surface area contributed by atoms with Crippen molar-refractivity contribution >= 4 is 0 Å². The van der Waals surface area contributed by atoms with Crippen LogP contribution in [-0.2, 0) is 7.05 Å². The Morgan fingerprint density at radius 1 is 1.31 bits per heavy atom. The lowest BCUT2D eigenvalue weighted by atomic mass is 10.0. The Morgan fingerprint density at radius 3 is 2.62 bits per heavy atom. The fourth-order valence-corrected chi connectivity index (χ4v) is 1.94. The standard InChI is InChI=1S/C13H13N3/c1-9-13(10(2)16(3)15-9)12-6-4-5-11(7-12)8-14/h4-7H,1-3H3. The van der Waals surface area contributed by atoms with E-state index in [1.807, 2.05) is 49.8 Å². The Kier molecular flexibility index (Phi) is 2.49. The van der Waals surface area contributed by atoms with Gasteiger partial charge < -0.3 is 0 Å². The zero-order valence-electron chi connectivity index (χ0n) is 9.65. The molecule has 0 spiro atoms. The van der Waals surface area contributed by atoms with Crippen LogP contribution in [0.15, 0.2) is 24.3 Å². The molecule has 0 atom stereocenters. The van der Waals surface area contributed by atoms with E-state index in [-0.39, 0.29) is 0 Å². The zero-order valence-corrected chi connectivity index (χ0v) is 9.65. The second-order valence-corrected chi connectivity index (χ2v) is 3.86. The molecule has 1 aromatic carbocycles. The Bertz CT molecular complexity index is 573. The van der Waals surface area contributed by atoms with Gasteiger partial charge in [0.1, 0.15) is 0 Å². The normalized spacial score (nSPS) is 10.1. The Labute approximate surface area is 94.9 Å². The summed E-state index contributed by atoms with van der Waals surface area (Å²) in [6, 6.07) is 9.78. The number of nitriles is 1. The average Bonchev–Trinajstić information content (AvgIpc) is 2.53. The molecule has 16 heavy (non-hydrogen) atoms. The first-order valence-electron chi connectivity index (χ1n) is 5.14. The molecule has 0 N–H and O–H groups in total. The van der Waals surface area contributed by atoms with Crippen molar-refractivity contribution < 1.29 is 0 Å². The third-order valence-electron chi connectivity index (χ3n) is 2.79. The van der Waals surface area contributed by atoms with Gasteiger partial charge in [-0.1, -0.05) is 12.1 Å². The number of rotatable bonds is 1. The highest BCUT2D eigenvalue weighted by Gasteiger charge is 2.11. The molecule has 0 saturated carbocycles. The van der Waals surface area contributed by atoms with Crippen LogP contribution >= 0.6 is 0 Å². The maximum absolute atomic E-state index is 8.88. The van der Waals surface area contributed by atoms with E-state index < -0.39 is 0 Å². The van der Waals surface area contributed by atoms with Crippen LogP contribution in [0.4, 0.5) is 0 Å². The van der Waals surface area contributed by atoms with Gasteiger partial charge in [-0.3, -0.25) is 4.68 Å². The Balaban J connectivity index is 2.63. The van der Waals surface area contributed by atoms with Gasteiger partial charge in [0.2, 0.25) is 0 Å². The molecule has 0 aliphatic carbocycles. The van der Waals surface area contributed by atoms with E-state index in [4.69, 9.17) is 5.26 Å². The molecule has 0 unspecified atom stereocenters. The van der Waals surface area contributed by atoms with Crippen molar-refractivity contribution in [2.45, 2.75) is 13.8 Å². The van der Waals surface area contributed by atoms with Crippen molar-refractivity contribution in [3.8, 4) is 17.2 Å². The summed E-state index contributed by atoms with van der Waals surface area (Å²) in [5, 5.41) is 13.3. The molecule has 80 valence electrons. The third kappa shape index (κ3) is 1.59. The predicted octanol–water partition coefficient (Wildman–Crippen LogP) is 2.58. The van der Waals surface area contributed by atoms with Crippen LogP contribution in [0.2, 0.25) is 0 Å². The number of nitrogens with zero attached hydrogens (tertiary/aromatic N) is 3. The summed E-state index contributed by atoms with van der Waals surface area (Å²) in [6.07, 6.45) is 0. The molecule has 1 heterocycles. The van der Waals surface area contributed by atoms with Gasteiger partial charge in [-0.15, -0.1) is 0 Å². The first-order chi connectivity index (χ1) is 7.63. The SMILES string of the molecule is Cc1nn(C)c(C)c1-c1cccc(C#N)c1. The van der Waals surface area contributed by atoms with Gasteiger partial charge in [-0.05, 0) is 31.5 Å². The Morgan fingerprint density at radius 2 is 2.06 bits per heavy atom. The number of benzene rings is 1. The molecule has 0 aliphatic rings. The summed E-state index contributed by atoms with van der Waals surface area (Å²) >= 11 is 0. The van der Waals surface area contributed by atoms with E-state index in [0.717, 1.165) is 22.5 Å². The molecule has 0 bridgehead atoms. The number of aromatic nitrogens is 2. The fraction of sp³-hybridized carbons (Fsp3) is 0.231. The molecule has 0 amide bonds. The fourth-order valence-electron chi connectivity index (χ4n) is 1.94. The smallest absolute Gasteiger partial charge is 0.0991 e. The van der Waals surface area contributed by atoms with Gasteiger partial charge >= 0.3 is 0 Å². The van der Waals surface area contributed by atoms with Crippen molar-refractivity contribution in [1.82, 2.24) is 9.78 Å². The van der Waals surface area contributed by atoms with E-state index in [1.54, 1.807) is 0 Å². The summed E-state index contributed by atoms with van der Waals surface area (Å²) in [7, 11) is 1.93. The number of aryl methyl sites for hydroxylation is 2. The first-order valence-corrected chi connectivity index (χ1v) is 5.14. The maximum atomic E-state index is 8.88. The molecule has 1 aromatic heterocycles. The van der Waals surface area contributed by atoms with Crippen LogP contribution in [0, 0.1) is 25.2 Å². The quantitative estimate of drug-likeness (QED) is 0.727. The van der Waals surface area contributed by atoms with Gasteiger partial charge in [-0.25, -0.2) is 0 Å². The van der Waals surface area contributed by atoms with E-state index in [9.17, 15) is 0 Å². The molecule has 0 aliphatic heterocycles. The highest BCUT2D eigenvalue weighted by Crippen LogP contribution is 2.26. The molecule has 2 rings (SSSR count). The molecule has 0 saturated heterocycles. The van der Waals surface area contributed by atoms with Gasteiger partial charge in [0.15, 0.2) is 0 Å². The monoisotopic (exact) mass is 211 g/mol. The molecular weight excluding hydrogens is 198 g/mol. The number of hydrogen-bond donors (Lipinski definition) is 0. The number of hydrogen-bond acceptors (Lipinski definition) is 2. The van der Waals surface area contributed by atoms with Crippen LogP contribution in [0.25, 0.3) is 11.1 Å². The Hall–Kier alpha value is -2.08. The highest BCUT2D eigenvalue weighted by molar-refractivity contribution is 5.69. The second-order valence-electron chi connectivity index (χ2n) is 3.86. The third-order valence-corrected chi connectivity index (χ3v) is 2.79. The van der Waals surface area contributed by atoms with Gasteiger partial charge in [0.05, 0.1) is 17.3 Å². The molecule has 3 heteroatoms. The molecule has 2 aromatic rings. The van der Waals surface area contributed by atoms with E-state index in [0.29, 0.717) is 5.56 Å². The largest absolute Gasteiger partial charge is 0.272 e. The molecule has 0 fully saturated rings. The molecule has 0 radical (unpaired) electrons. The van der Waals surface area contributed by atoms with Gasteiger partial charge in [-0.2, -0.15) is 10.4 Å². The van der Waals surface area contributed by atoms with Crippen molar-refractivity contribution in [2.75, 3.05) is 0 Å². The summed E-state index contributed by atoms with van der Waals surface area (Å²) in [5.41, 5.74) is 4.98. The summed E-state index contributed by atoms with van der Waals surface area (Å²) in [6.45, 7) is 4.02. The lowest BCUT2D eigenvalue weighted by Gasteiger charge is -2.02. The van der Waals surface area contributed by atoms with E-state index in [2.05, 4.69) is 11.2 Å². The van der Waals surface area contributed by atoms with Crippen molar-refractivity contribution in [3.05, 3.63) is 41.2 Å². The first kappa shape index (κ1) is 10.4. The van der Waals surface area contributed by atoms with Crippen molar-refractivity contribution in [3.63, 3.8) is 0 Å². The molecule has 3 nitrogen and oxygen atoms in total. The van der Waals surface area contributed by atoms with Crippen molar-refractivity contribution in [1.29, 1.82) is 5.26 Å². The minimum atomic E-state index is 0.681.